The zero-order chi connectivity index (χ0) is 11.2. The number of aliphatic hydroxyl groups is 1. The summed E-state index contributed by atoms with van der Waals surface area (Å²) in [4.78, 5) is 0. The first-order valence-corrected chi connectivity index (χ1v) is 5.89. The third-order valence-corrected chi connectivity index (χ3v) is 3.71. The summed E-state index contributed by atoms with van der Waals surface area (Å²) in [6, 6.07) is 14.6. The lowest BCUT2D eigenvalue weighted by Gasteiger charge is -2.23. The smallest absolute Gasteiger partial charge is 0.0896 e. The first-order chi connectivity index (χ1) is 7.68. The van der Waals surface area contributed by atoms with Crippen molar-refractivity contribution < 1.29 is 5.11 Å². The fourth-order valence-electron chi connectivity index (χ4n) is 2.39. The summed E-state index contributed by atoms with van der Waals surface area (Å²) >= 11 is 0. The summed E-state index contributed by atoms with van der Waals surface area (Å²) < 4.78 is 0. The zero-order valence-electron chi connectivity index (χ0n) is 9.48. The minimum atomic E-state index is -0.649. The first-order valence-electron chi connectivity index (χ1n) is 5.89. The van der Waals surface area contributed by atoms with Gasteiger partial charge in [0.2, 0.25) is 0 Å². The molecule has 0 aliphatic heterocycles. The molecule has 1 aliphatic rings. The molecule has 1 aliphatic carbocycles. The van der Waals surface area contributed by atoms with Gasteiger partial charge in [-0.3, -0.25) is 0 Å². The molecule has 16 heavy (non-hydrogen) atoms. The Morgan fingerprint density at radius 3 is 2.44 bits per heavy atom. The van der Waals surface area contributed by atoms with Crippen molar-refractivity contribution in [2.24, 2.45) is 5.92 Å². The number of hydrogen-bond donors (Lipinski definition) is 1. The van der Waals surface area contributed by atoms with Crippen molar-refractivity contribution in [1.82, 2.24) is 0 Å². The molecular formula is C15H16O. The highest BCUT2D eigenvalue weighted by molar-refractivity contribution is 5.83. The van der Waals surface area contributed by atoms with Gasteiger partial charge in [0.1, 0.15) is 0 Å². The van der Waals surface area contributed by atoms with Crippen LogP contribution >= 0.6 is 0 Å². The van der Waals surface area contributed by atoms with E-state index >= 15 is 0 Å². The molecule has 1 fully saturated rings. The van der Waals surface area contributed by atoms with Crippen LogP contribution in [0.15, 0.2) is 42.5 Å². The SMILES string of the molecule is C[C@@](O)(c1ccc2ccccc2c1)C1CC1. The Morgan fingerprint density at radius 2 is 1.75 bits per heavy atom. The Kier molecular flexibility index (Phi) is 2.05. The van der Waals surface area contributed by atoms with Crippen LogP contribution in [0.3, 0.4) is 0 Å². The lowest BCUT2D eigenvalue weighted by molar-refractivity contribution is 0.0332. The summed E-state index contributed by atoms with van der Waals surface area (Å²) in [5.41, 5.74) is 0.401. The Labute approximate surface area is 95.7 Å². The number of rotatable bonds is 2. The van der Waals surface area contributed by atoms with Crippen LogP contribution in [0.2, 0.25) is 0 Å². The summed E-state index contributed by atoms with van der Waals surface area (Å²) in [6.45, 7) is 1.94. The average Bonchev–Trinajstić information content (AvgIpc) is 3.12. The lowest BCUT2D eigenvalue weighted by atomic mass is 9.89. The molecule has 0 heterocycles. The van der Waals surface area contributed by atoms with Crippen LogP contribution in [-0.2, 0) is 5.60 Å². The van der Waals surface area contributed by atoms with E-state index in [9.17, 15) is 5.11 Å². The van der Waals surface area contributed by atoms with Crippen molar-refractivity contribution in [3.63, 3.8) is 0 Å². The molecule has 1 N–H and O–H groups in total. The van der Waals surface area contributed by atoms with Crippen LogP contribution in [0.5, 0.6) is 0 Å². The van der Waals surface area contributed by atoms with Crippen LogP contribution in [0, 0.1) is 5.92 Å². The van der Waals surface area contributed by atoms with Crippen LogP contribution in [-0.4, -0.2) is 5.11 Å². The molecule has 3 rings (SSSR count). The molecule has 0 radical (unpaired) electrons. The van der Waals surface area contributed by atoms with Crippen molar-refractivity contribution in [2.45, 2.75) is 25.4 Å². The molecule has 1 saturated carbocycles. The van der Waals surface area contributed by atoms with Gasteiger partial charge in [0, 0.05) is 0 Å². The Hall–Kier alpha value is -1.34. The second-order valence-corrected chi connectivity index (χ2v) is 4.98. The van der Waals surface area contributed by atoms with Crippen LogP contribution in [0.4, 0.5) is 0 Å². The van der Waals surface area contributed by atoms with Crippen molar-refractivity contribution in [1.29, 1.82) is 0 Å². The quantitative estimate of drug-likeness (QED) is 0.808. The van der Waals surface area contributed by atoms with Gasteiger partial charge in [-0.25, -0.2) is 0 Å². The van der Waals surface area contributed by atoms with Gasteiger partial charge in [0.25, 0.3) is 0 Å². The van der Waals surface area contributed by atoms with E-state index in [0.29, 0.717) is 5.92 Å². The molecule has 0 spiro atoms. The maximum absolute atomic E-state index is 10.5. The van der Waals surface area contributed by atoms with Gasteiger partial charge in [-0.05, 0) is 48.1 Å². The second-order valence-electron chi connectivity index (χ2n) is 4.98. The Bertz CT molecular complexity index is 524. The van der Waals surface area contributed by atoms with Crippen molar-refractivity contribution in [2.75, 3.05) is 0 Å². The van der Waals surface area contributed by atoms with Gasteiger partial charge in [-0.1, -0.05) is 36.4 Å². The number of benzene rings is 2. The summed E-state index contributed by atoms with van der Waals surface area (Å²) in [6.07, 6.45) is 2.31. The fourth-order valence-corrected chi connectivity index (χ4v) is 2.39. The molecule has 0 unspecified atom stereocenters. The van der Waals surface area contributed by atoms with Gasteiger partial charge in [0.05, 0.1) is 5.60 Å². The van der Waals surface area contributed by atoms with E-state index in [1.165, 1.54) is 10.8 Å². The Morgan fingerprint density at radius 1 is 1.06 bits per heavy atom. The minimum Gasteiger partial charge on any atom is -0.385 e. The third-order valence-electron chi connectivity index (χ3n) is 3.71. The predicted molar refractivity (Wildman–Crippen MR) is 66.2 cm³/mol. The fraction of sp³-hybridized carbons (Fsp3) is 0.333. The van der Waals surface area contributed by atoms with Gasteiger partial charge in [-0.15, -0.1) is 0 Å². The maximum Gasteiger partial charge on any atom is 0.0896 e. The van der Waals surface area contributed by atoms with E-state index in [0.717, 1.165) is 18.4 Å². The normalized spacial score (nSPS) is 19.6. The highest BCUT2D eigenvalue weighted by Crippen LogP contribution is 2.45. The van der Waals surface area contributed by atoms with Crippen LogP contribution < -0.4 is 0 Å². The molecule has 1 heteroatoms. The summed E-state index contributed by atoms with van der Waals surface area (Å²) in [5, 5.41) is 12.9. The standard InChI is InChI=1S/C15H16O/c1-15(16,13-8-9-13)14-7-6-11-4-2-3-5-12(11)10-14/h2-7,10,13,16H,8-9H2,1H3/t15-/m0/s1. The minimum absolute atomic E-state index is 0.452. The van der Waals surface area contributed by atoms with Crippen molar-refractivity contribution >= 4 is 10.8 Å². The molecule has 1 nitrogen and oxygen atoms in total. The molecule has 0 bridgehead atoms. The third kappa shape index (κ3) is 1.52. The van der Waals surface area contributed by atoms with Gasteiger partial charge in [0.15, 0.2) is 0 Å². The summed E-state index contributed by atoms with van der Waals surface area (Å²) in [5.74, 6) is 0.452. The van der Waals surface area contributed by atoms with E-state index in [-0.39, 0.29) is 0 Å². The van der Waals surface area contributed by atoms with Crippen LogP contribution in [0.1, 0.15) is 25.3 Å². The monoisotopic (exact) mass is 212 g/mol. The van der Waals surface area contributed by atoms with Gasteiger partial charge >= 0.3 is 0 Å². The molecule has 2 aromatic rings. The van der Waals surface area contributed by atoms with Crippen molar-refractivity contribution in [3.8, 4) is 0 Å². The summed E-state index contributed by atoms with van der Waals surface area (Å²) in [7, 11) is 0. The molecule has 0 aromatic heterocycles. The zero-order valence-corrected chi connectivity index (χ0v) is 9.48. The topological polar surface area (TPSA) is 20.2 Å². The largest absolute Gasteiger partial charge is 0.385 e. The second kappa shape index (κ2) is 3.33. The van der Waals surface area contributed by atoms with E-state index in [4.69, 9.17) is 0 Å². The molecule has 1 atom stereocenters. The van der Waals surface area contributed by atoms with E-state index in [2.05, 4.69) is 30.3 Å². The van der Waals surface area contributed by atoms with E-state index < -0.39 is 5.60 Å². The first kappa shape index (κ1) is 9.86. The van der Waals surface area contributed by atoms with E-state index in [1.807, 2.05) is 19.1 Å². The Balaban J connectivity index is 2.11. The number of fused-ring (bicyclic) bond motifs is 1. The predicted octanol–water partition coefficient (Wildman–Crippen LogP) is 3.46. The highest BCUT2D eigenvalue weighted by atomic mass is 16.3. The average molecular weight is 212 g/mol. The van der Waals surface area contributed by atoms with Gasteiger partial charge < -0.3 is 5.11 Å². The molecule has 2 aromatic carbocycles. The van der Waals surface area contributed by atoms with Crippen molar-refractivity contribution in [3.05, 3.63) is 48.0 Å². The maximum atomic E-state index is 10.5. The lowest BCUT2D eigenvalue weighted by Crippen LogP contribution is -2.23. The molecular weight excluding hydrogens is 196 g/mol. The van der Waals surface area contributed by atoms with E-state index in [1.54, 1.807) is 0 Å². The number of hydrogen-bond acceptors (Lipinski definition) is 1. The molecule has 82 valence electrons. The molecule has 0 amide bonds. The molecule has 0 saturated heterocycles. The van der Waals surface area contributed by atoms with Crippen LogP contribution in [0.25, 0.3) is 10.8 Å². The van der Waals surface area contributed by atoms with Gasteiger partial charge in [-0.2, -0.15) is 0 Å². The highest BCUT2D eigenvalue weighted by Gasteiger charge is 2.41.